The Bertz CT molecular complexity index is 1760. The first kappa shape index (κ1) is 35.4. The van der Waals surface area contributed by atoms with Crippen LogP contribution in [0.3, 0.4) is 0 Å². The molecule has 0 radical (unpaired) electrons. The van der Waals surface area contributed by atoms with Crippen molar-refractivity contribution in [3.8, 4) is 11.5 Å². The highest BCUT2D eigenvalue weighted by Crippen LogP contribution is 2.38. The van der Waals surface area contributed by atoms with Crippen LogP contribution in [0.5, 0.6) is 11.5 Å². The summed E-state index contributed by atoms with van der Waals surface area (Å²) in [5.41, 5.74) is 3.51. The number of carboxylic acid groups (broad SMARTS) is 1. The number of aliphatic carboxylic acids is 1. The SMILES string of the molecule is COc1cc(C)c(S(=O)(=O)N(C(C)C2=CN(C(F)(F)F)NC2Oc2ccc(Cl)cc2Cl)[C@@H](Cc2ccccc2)C(=O)O)c(C)c1C. The Labute approximate surface area is 275 Å². The third-order valence-electron chi connectivity index (χ3n) is 7.71. The van der Waals surface area contributed by atoms with Crippen LogP contribution in [0.15, 0.2) is 71.3 Å². The fraction of sp³-hybridized carbons (Fsp3) is 0.323. The maximum absolute atomic E-state index is 14.8. The van der Waals surface area contributed by atoms with Gasteiger partial charge in [-0.2, -0.15) is 9.73 Å². The number of halogens is 5. The quantitative estimate of drug-likeness (QED) is 0.215. The zero-order valence-corrected chi connectivity index (χ0v) is 27.7. The molecule has 1 aliphatic rings. The van der Waals surface area contributed by atoms with E-state index in [2.05, 4.69) is 5.43 Å². The maximum atomic E-state index is 14.8. The Balaban J connectivity index is 1.93. The number of nitrogens with one attached hydrogen (secondary N) is 1. The second-order valence-electron chi connectivity index (χ2n) is 10.7. The average molecular weight is 703 g/mol. The van der Waals surface area contributed by atoms with Crippen LogP contribution in [-0.2, 0) is 21.2 Å². The smallest absolute Gasteiger partial charge is 0.496 e. The van der Waals surface area contributed by atoms with Crippen LogP contribution in [0, 0.1) is 20.8 Å². The van der Waals surface area contributed by atoms with E-state index in [1.165, 1.54) is 45.2 Å². The van der Waals surface area contributed by atoms with Gasteiger partial charge in [0.1, 0.15) is 17.5 Å². The van der Waals surface area contributed by atoms with Gasteiger partial charge in [-0.25, -0.2) is 13.4 Å². The number of methoxy groups -OCH3 is 1. The molecule has 248 valence electrons. The van der Waals surface area contributed by atoms with Gasteiger partial charge in [0, 0.05) is 16.8 Å². The molecule has 3 aromatic carbocycles. The predicted molar refractivity (Wildman–Crippen MR) is 167 cm³/mol. The van der Waals surface area contributed by atoms with Gasteiger partial charge in [0.25, 0.3) is 0 Å². The Morgan fingerprint density at radius 2 is 1.72 bits per heavy atom. The second kappa shape index (κ2) is 13.7. The average Bonchev–Trinajstić information content (AvgIpc) is 3.41. The van der Waals surface area contributed by atoms with Crippen molar-refractivity contribution in [3.63, 3.8) is 0 Å². The summed E-state index contributed by atoms with van der Waals surface area (Å²) in [5.74, 6) is -1.13. The standard InChI is InChI=1S/C31H32Cl2F3N3O6S/c1-17-13-27(44-5)18(2)19(3)28(17)46(42,43)39(25(30(40)41)14-21-9-7-6-8-10-21)20(4)23-16-38(31(34,35)36)37-29(23)45-26-12-11-22(32)15-24(26)33/h6-13,15-16,20,25,29,37H,14H2,1-5H3,(H,40,41)/t20?,25-,29?/m0/s1. The van der Waals surface area contributed by atoms with Gasteiger partial charge >= 0.3 is 12.3 Å². The number of hydrazine groups is 1. The largest absolute Gasteiger partial charge is 0.498 e. The molecule has 1 aliphatic heterocycles. The Morgan fingerprint density at radius 3 is 2.28 bits per heavy atom. The first-order chi connectivity index (χ1) is 21.5. The van der Waals surface area contributed by atoms with Gasteiger partial charge in [-0.15, -0.1) is 13.2 Å². The molecule has 3 aromatic rings. The van der Waals surface area contributed by atoms with E-state index in [1.807, 2.05) is 0 Å². The highest BCUT2D eigenvalue weighted by Gasteiger charge is 2.48. The molecule has 46 heavy (non-hydrogen) atoms. The van der Waals surface area contributed by atoms with Crippen molar-refractivity contribution >= 4 is 39.2 Å². The lowest BCUT2D eigenvalue weighted by Crippen LogP contribution is -2.54. The molecule has 3 atom stereocenters. The zero-order chi connectivity index (χ0) is 34.1. The maximum Gasteiger partial charge on any atom is 0.498 e. The van der Waals surface area contributed by atoms with Crippen molar-refractivity contribution in [1.82, 2.24) is 14.7 Å². The van der Waals surface area contributed by atoms with Gasteiger partial charge in [-0.05, 0) is 80.6 Å². The molecule has 0 amide bonds. The minimum atomic E-state index is -4.95. The molecule has 0 aliphatic carbocycles. The van der Waals surface area contributed by atoms with E-state index >= 15 is 0 Å². The molecule has 1 heterocycles. The van der Waals surface area contributed by atoms with Crippen LogP contribution in [0.1, 0.15) is 29.2 Å². The molecule has 0 bridgehead atoms. The number of ether oxygens (including phenoxy) is 2. The monoisotopic (exact) mass is 701 g/mol. The first-order valence-corrected chi connectivity index (χ1v) is 16.1. The van der Waals surface area contributed by atoms with Gasteiger partial charge in [0.05, 0.1) is 23.1 Å². The molecule has 0 aromatic heterocycles. The second-order valence-corrected chi connectivity index (χ2v) is 13.3. The molecule has 9 nitrogen and oxygen atoms in total. The number of carbonyl (C=O) groups is 1. The Morgan fingerprint density at radius 1 is 1.07 bits per heavy atom. The summed E-state index contributed by atoms with van der Waals surface area (Å²) in [4.78, 5) is 12.8. The van der Waals surface area contributed by atoms with Crippen molar-refractivity contribution in [2.24, 2.45) is 0 Å². The van der Waals surface area contributed by atoms with E-state index in [-0.39, 0.29) is 43.3 Å². The van der Waals surface area contributed by atoms with Gasteiger partial charge in [0.2, 0.25) is 10.0 Å². The molecule has 15 heteroatoms. The number of aryl methyl sites for hydroxylation is 1. The third-order valence-corrected chi connectivity index (χ3v) is 10.5. The summed E-state index contributed by atoms with van der Waals surface area (Å²) in [7, 11) is -3.31. The van der Waals surface area contributed by atoms with Gasteiger partial charge in [0.15, 0.2) is 6.23 Å². The lowest BCUT2D eigenvalue weighted by atomic mass is 10.0. The van der Waals surface area contributed by atoms with Crippen LogP contribution in [0.4, 0.5) is 13.2 Å². The van der Waals surface area contributed by atoms with E-state index in [9.17, 15) is 31.5 Å². The van der Waals surface area contributed by atoms with Crippen LogP contribution in [-0.4, -0.2) is 60.5 Å². The summed E-state index contributed by atoms with van der Waals surface area (Å²) in [5, 5.41) is 10.6. The predicted octanol–water partition coefficient (Wildman–Crippen LogP) is 6.63. The topological polar surface area (TPSA) is 108 Å². The summed E-state index contributed by atoms with van der Waals surface area (Å²) in [6, 6.07) is 10.7. The van der Waals surface area contributed by atoms with Crippen molar-refractivity contribution < 1.29 is 41.0 Å². The number of benzene rings is 3. The van der Waals surface area contributed by atoms with Gasteiger partial charge < -0.3 is 14.6 Å². The van der Waals surface area contributed by atoms with Crippen LogP contribution < -0.4 is 14.9 Å². The van der Waals surface area contributed by atoms with E-state index in [0.717, 1.165) is 4.31 Å². The number of rotatable bonds is 11. The lowest BCUT2D eigenvalue weighted by Gasteiger charge is -2.36. The minimum Gasteiger partial charge on any atom is -0.496 e. The van der Waals surface area contributed by atoms with Gasteiger partial charge in [-0.3, -0.25) is 4.79 Å². The normalized spacial score (nSPS) is 16.7. The molecule has 2 N–H and O–H groups in total. The first-order valence-electron chi connectivity index (χ1n) is 13.9. The molecule has 0 saturated heterocycles. The molecular weight excluding hydrogens is 670 g/mol. The molecule has 0 spiro atoms. The fourth-order valence-electron chi connectivity index (χ4n) is 5.37. The molecule has 0 saturated carbocycles. The highest BCUT2D eigenvalue weighted by atomic mass is 35.5. The number of hydrogen-bond donors (Lipinski definition) is 2. The van der Waals surface area contributed by atoms with Crippen LogP contribution in [0.25, 0.3) is 0 Å². The lowest BCUT2D eigenvalue weighted by molar-refractivity contribution is -0.246. The zero-order valence-electron chi connectivity index (χ0n) is 25.4. The highest BCUT2D eigenvalue weighted by molar-refractivity contribution is 7.89. The number of carboxylic acids is 1. The van der Waals surface area contributed by atoms with Crippen molar-refractivity contribution in [2.75, 3.05) is 7.11 Å². The summed E-state index contributed by atoms with van der Waals surface area (Å²) < 4.78 is 83.5. The van der Waals surface area contributed by atoms with Crippen LogP contribution in [0.2, 0.25) is 10.0 Å². The van der Waals surface area contributed by atoms with Crippen molar-refractivity contribution in [3.05, 3.63) is 98.7 Å². The van der Waals surface area contributed by atoms with E-state index < -0.39 is 40.6 Å². The molecule has 2 unspecified atom stereocenters. The Hall–Kier alpha value is -3.49. The molecular formula is C31H32Cl2F3N3O6S. The van der Waals surface area contributed by atoms with Crippen molar-refractivity contribution in [2.45, 2.75) is 63.6 Å². The molecule has 4 rings (SSSR count). The van der Waals surface area contributed by atoms with E-state index in [4.69, 9.17) is 32.7 Å². The van der Waals surface area contributed by atoms with Crippen LogP contribution >= 0.6 is 23.2 Å². The number of nitrogens with zero attached hydrogens (tertiary/aromatic N) is 2. The third kappa shape index (κ3) is 7.23. The van der Waals surface area contributed by atoms with E-state index in [1.54, 1.807) is 44.2 Å². The number of alkyl halides is 3. The summed E-state index contributed by atoms with van der Waals surface area (Å²) in [6.07, 6.45) is -6.20. The number of hydrogen-bond acceptors (Lipinski definition) is 7. The summed E-state index contributed by atoms with van der Waals surface area (Å²) >= 11 is 12.2. The number of sulfonamides is 1. The van der Waals surface area contributed by atoms with E-state index in [0.29, 0.717) is 28.6 Å². The van der Waals surface area contributed by atoms with Gasteiger partial charge in [-0.1, -0.05) is 53.5 Å². The Kier molecular flexibility index (Phi) is 10.5. The molecule has 0 fully saturated rings. The summed E-state index contributed by atoms with van der Waals surface area (Å²) in [6.45, 7) is 6.06. The van der Waals surface area contributed by atoms with Crippen molar-refractivity contribution in [1.29, 1.82) is 0 Å². The fourth-order valence-corrected chi connectivity index (χ4v) is 8.08. The minimum absolute atomic E-state index is 0.0105.